The first-order valence-corrected chi connectivity index (χ1v) is 11.1. The van der Waals surface area contributed by atoms with E-state index >= 15 is 0 Å². The number of halogens is 5. The molecule has 0 aromatic rings. The van der Waals surface area contributed by atoms with Gasteiger partial charge in [-0.2, -0.15) is 22.0 Å². The molecule has 0 amide bonds. The van der Waals surface area contributed by atoms with Crippen LogP contribution in [0.1, 0.15) is 84.0 Å². The van der Waals surface area contributed by atoms with E-state index in [0.29, 0.717) is 6.42 Å². The van der Waals surface area contributed by atoms with Crippen LogP contribution in [0.2, 0.25) is 0 Å². The van der Waals surface area contributed by atoms with E-state index in [1.54, 1.807) is 0 Å². The molecule has 0 spiro atoms. The van der Waals surface area contributed by atoms with Crippen molar-refractivity contribution in [3.8, 4) is 0 Å². The maximum atomic E-state index is 13.0. The predicted octanol–water partition coefficient (Wildman–Crippen LogP) is 6.28. The van der Waals surface area contributed by atoms with E-state index in [9.17, 15) is 31.5 Å². The Morgan fingerprint density at radius 2 is 1.55 bits per heavy atom. The van der Waals surface area contributed by atoms with Crippen molar-refractivity contribution in [2.24, 2.45) is 5.92 Å². The number of hydrogen-bond donors (Lipinski definition) is 0. The lowest BCUT2D eigenvalue weighted by Gasteiger charge is -2.30. The van der Waals surface area contributed by atoms with E-state index in [1.807, 2.05) is 0 Å². The van der Waals surface area contributed by atoms with Crippen molar-refractivity contribution in [3.63, 3.8) is 0 Å². The first-order chi connectivity index (χ1) is 14.5. The van der Waals surface area contributed by atoms with Gasteiger partial charge < -0.3 is 9.47 Å². The van der Waals surface area contributed by atoms with Crippen molar-refractivity contribution in [2.75, 3.05) is 0 Å². The van der Waals surface area contributed by atoms with E-state index in [1.165, 1.54) is 24.8 Å². The van der Waals surface area contributed by atoms with Gasteiger partial charge in [-0.15, -0.1) is 0 Å². The Hall–Kier alpha value is -1.67. The third-order valence-corrected chi connectivity index (χ3v) is 5.98. The number of rotatable bonds is 9. The van der Waals surface area contributed by atoms with Gasteiger partial charge in [-0.3, -0.25) is 4.79 Å². The fourth-order valence-corrected chi connectivity index (χ4v) is 3.98. The van der Waals surface area contributed by atoms with Gasteiger partial charge in [-0.05, 0) is 57.8 Å². The van der Waals surface area contributed by atoms with Gasteiger partial charge in [0.05, 0.1) is 5.92 Å². The summed E-state index contributed by atoms with van der Waals surface area (Å²) >= 11 is 0. The van der Waals surface area contributed by atoms with Crippen molar-refractivity contribution in [1.82, 2.24) is 0 Å². The number of carbonyl (C=O) groups is 2. The highest BCUT2D eigenvalue weighted by Gasteiger charge is 2.65. The van der Waals surface area contributed by atoms with Gasteiger partial charge in [0.1, 0.15) is 12.2 Å². The molecule has 2 aliphatic carbocycles. The van der Waals surface area contributed by atoms with Crippen LogP contribution in [0, 0.1) is 5.92 Å². The molecule has 1 saturated carbocycles. The molecule has 2 rings (SSSR count). The van der Waals surface area contributed by atoms with Gasteiger partial charge in [0.15, 0.2) is 0 Å². The molecule has 4 nitrogen and oxygen atoms in total. The molecule has 0 aliphatic heterocycles. The fourth-order valence-electron chi connectivity index (χ4n) is 3.98. The third kappa shape index (κ3) is 7.45. The zero-order valence-corrected chi connectivity index (χ0v) is 17.8. The summed E-state index contributed by atoms with van der Waals surface area (Å²) in [4.78, 5) is 23.6. The van der Waals surface area contributed by atoms with Gasteiger partial charge in [-0.25, -0.2) is 4.79 Å². The Labute approximate surface area is 179 Å². The van der Waals surface area contributed by atoms with Gasteiger partial charge in [0.2, 0.25) is 0 Å². The standard InChI is InChI=1S/C22H31F5O4/c1-2-3-4-5-6-15-7-9-16(10-8-15)19(28)30-17-11-13-18(14-12-17)31-20(29)21(23,24)22(25,26)27/h7,16-18H,2-6,8-14H2,1H3. The van der Waals surface area contributed by atoms with Crippen LogP contribution in [0.3, 0.4) is 0 Å². The van der Waals surface area contributed by atoms with Crippen LogP contribution in [0.25, 0.3) is 0 Å². The summed E-state index contributed by atoms with van der Waals surface area (Å²) in [7, 11) is 0. The van der Waals surface area contributed by atoms with Crippen molar-refractivity contribution < 1.29 is 41.0 Å². The molecular formula is C22H31F5O4. The summed E-state index contributed by atoms with van der Waals surface area (Å²) in [5.41, 5.74) is 1.39. The summed E-state index contributed by atoms with van der Waals surface area (Å²) in [6.45, 7) is 2.17. The normalized spacial score (nSPS) is 25.0. The molecule has 0 saturated heterocycles. The van der Waals surface area contributed by atoms with Gasteiger partial charge in [0, 0.05) is 0 Å². The molecule has 1 fully saturated rings. The second-order valence-electron chi connectivity index (χ2n) is 8.46. The first-order valence-electron chi connectivity index (χ1n) is 11.1. The Balaban J connectivity index is 1.70. The summed E-state index contributed by atoms with van der Waals surface area (Å²) in [5.74, 6) is -8.62. The van der Waals surface area contributed by atoms with Gasteiger partial charge in [-0.1, -0.05) is 37.8 Å². The van der Waals surface area contributed by atoms with Crippen LogP contribution >= 0.6 is 0 Å². The van der Waals surface area contributed by atoms with Crippen molar-refractivity contribution in [3.05, 3.63) is 11.6 Å². The zero-order valence-electron chi connectivity index (χ0n) is 17.8. The van der Waals surface area contributed by atoms with Crippen LogP contribution in [-0.4, -0.2) is 36.2 Å². The number of alkyl halides is 5. The summed E-state index contributed by atoms with van der Waals surface area (Å²) in [5, 5.41) is 0. The van der Waals surface area contributed by atoms with E-state index in [4.69, 9.17) is 4.74 Å². The van der Waals surface area contributed by atoms with Crippen LogP contribution in [0.15, 0.2) is 11.6 Å². The lowest BCUT2D eigenvalue weighted by atomic mass is 9.87. The Bertz CT molecular complexity index is 636. The molecule has 0 aromatic carbocycles. The number of allylic oxidation sites excluding steroid dienone is 2. The molecule has 0 aromatic heterocycles. The maximum absolute atomic E-state index is 13.0. The van der Waals surface area contributed by atoms with Crippen LogP contribution in [-0.2, 0) is 19.1 Å². The van der Waals surface area contributed by atoms with E-state index in [-0.39, 0.29) is 37.6 Å². The topological polar surface area (TPSA) is 52.6 Å². The lowest BCUT2D eigenvalue weighted by Crippen LogP contribution is -2.46. The highest BCUT2D eigenvalue weighted by Crippen LogP contribution is 2.37. The minimum absolute atomic E-state index is 0.0735. The smallest absolute Gasteiger partial charge is 0.462 e. The van der Waals surface area contributed by atoms with Crippen molar-refractivity contribution in [2.45, 2.75) is 108 Å². The third-order valence-electron chi connectivity index (χ3n) is 5.98. The zero-order chi connectivity index (χ0) is 23.1. The van der Waals surface area contributed by atoms with Gasteiger partial charge >= 0.3 is 24.0 Å². The SMILES string of the molecule is CCCCCCC1=CCC(C(=O)OC2CCC(OC(=O)C(F)(F)C(F)(F)F)CC2)CC1. The molecule has 31 heavy (non-hydrogen) atoms. The van der Waals surface area contributed by atoms with Crippen LogP contribution < -0.4 is 0 Å². The predicted molar refractivity (Wildman–Crippen MR) is 103 cm³/mol. The number of carbonyl (C=O) groups excluding carboxylic acids is 2. The molecule has 9 heteroatoms. The number of ether oxygens (including phenoxy) is 2. The summed E-state index contributed by atoms with van der Waals surface area (Å²) in [6.07, 6.45) is 3.44. The van der Waals surface area contributed by atoms with Crippen molar-refractivity contribution in [1.29, 1.82) is 0 Å². The average Bonchev–Trinajstić information content (AvgIpc) is 2.72. The molecule has 178 valence electrons. The quantitative estimate of drug-likeness (QED) is 0.178. The monoisotopic (exact) mass is 454 g/mol. The Kier molecular flexibility index (Phi) is 9.30. The van der Waals surface area contributed by atoms with E-state index in [2.05, 4.69) is 17.7 Å². The largest absolute Gasteiger partial charge is 0.465 e. The number of hydrogen-bond acceptors (Lipinski definition) is 4. The fraction of sp³-hybridized carbons (Fsp3) is 0.818. The molecule has 0 N–H and O–H groups in total. The average molecular weight is 454 g/mol. The number of unbranched alkanes of at least 4 members (excludes halogenated alkanes) is 3. The van der Waals surface area contributed by atoms with Crippen molar-refractivity contribution >= 4 is 11.9 Å². The molecule has 0 heterocycles. The van der Waals surface area contributed by atoms with Gasteiger partial charge in [0.25, 0.3) is 0 Å². The van der Waals surface area contributed by atoms with Crippen LogP contribution in [0.5, 0.6) is 0 Å². The first kappa shape index (κ1) is 25.6. The molecule has 2 aliphatic rings. The second kappa shape index (κ2) is 11.3. The Morgan fingerprint density at radius 3 is 2.06 bits per heavy atom. The summed E-state index contributed by atoms with van der Waals surface area (Å²) in [6, 6.07) is 0. The van der Waals surface area contributed by atoms with E-state index < -0.39 is 30.3 Å². The Morgan fingerprint density at radius 1 is 0.935 bits per heavy atom. The minimum atomic E-state index is -5.99. The minimum Gasteiger partial charge on any atom is -0.462 e. The molecule has 0 radical (unpaired) electrons. The molecular weight excluding hydrogens is 423 g/mol. The number of esters is 2. The highest BCUT2D eigenvalue weighted by molar-refractivity contribution is 5.78. The molecule has 1 atom stereocenters. The lowest BCUT2D eigenvalue weighted by molar-refractivity contribution is -0.282. The maximum Gasteiger partial charge on any atom is 0.465 e. The van der Waals surface area contributed by atoms with E-state index in [0.717, 1.165) is 25.7 Å². The molecule has 1 unspecified atom stereocenters. The molecule has 0 bridgehead atoms. The summed E-state index contributed by atoms with van der Waals surface area (Å²) < 4.78 is 72.5. The highest BCUT2D eigenvalue weighted by atomic mass is 19.4. The van der Waals surface area contributed by atoms with Crippen LogP contribution in [0.4, 0.5) is 22.0 Å². The second-order valence-corrected chi connectivity index (χ2v) is 8.46.